The van der Waals surface area contributed by atoms with Gasteiger partial charge in [0, 0.05) is 11.6 Å². The first-order valence-corrected chi connectivity index (χ1v) is 5.87. The Balaban J connectivity index is 0.00000128. The molecule has 2 rings (SSSR count). The molecule has 1 saturated heterocycles. The molecule has 0 unspecified atom stereocenters. The van der Waals surface area contributed by atoms with E-state index in [1.165, 1.54) is 24.8 Å². The fraction of sp³-hybridized carbons (Fsp3) is 0.538. The maximum atomic E-state index is 5.65. The summed E-state index contributed by atoms with van der Waals surface area (Å²) in [7, 11) is 0. The molecule has 2 nitrogen and oxygen atoms in total. The van der Waals surface area contributed by atoms with Crippen LogP contribution in [0.1, 0.15) is 37.8 Å². The van der Waals surface area contributed by atoms with E-state index in [2.05, 4.69) is 23.5 Å². The number of halogens is 1. The van der Waals surface area contributed by atoms with Crippen molar-refractivity contribution in [3.05, 3.63) is 29.8 Å². The van der Waals surface area contributed by atoms with E-state index in [9.17, 15) is 0 Å². The van der Waals surface area contributed by atoms with Crippen molar-refractivity contribution in [1.82, 2.24) is 5.32 Å². The van der Waals surface area contributed by atoms with E-state index in [4.69, 9.17) is 4.74 Å². The molecule has 1 aliphatic rings. The molecular weight excluding hydrogens is 222 g/mol. The predicted molar refractivity (Wildman–Crippen MR) is 69.5 cm³/mol. The van der Waals surface area contributed by atoms with Gasteiger partial charge in [-0.2, -0.15) is 0 Å². The zero-order valence-corrected chi connectivity index (χ0v) is 10.6. The summed E-state index contributed by atoms with van der Waals surface area (Å²) in [6.45, 7) is 3.90. The summed E-state index contributed by atoms with van der Waals surface area (Å²) in [6, 6.07) is 8.86. The van der Waals surface area contributed by atoms with Crippen molar-refractivity contribution in [2.45, 2.75) is 32.2 Å². The van der Waals surface area contributed by atoms with E-state index in [1.807, 2.05) is 13.0 Å². The van der Waals surface area contributed by atoms with Gasteiger partial charge in [0.25, 0.3) is 0 Å². The van der Waals surface area contributed by atoms with E-state index in [0.717, 1.165) is 18.9 Å². The molecular formula is C13H20ClNO. The minimum absolute atomic E-state index is 0. The molecule has 0 aromatic heterocycles. The molecule has 1 heterocycles. The second-order valence-corrected chi connectivity index (χ2v) is 3.97. The smallest absolute Gasteiger partial charge is 0.124 e. The van der Waals surface area contributed by atoms with E-state index in [0.29, 0.717) is 6.04 Å². The molecule has 0 radical (unpaired) electrons. The van der Waals surface area contributed by atoms with Crippen LogP contribution in [0.3, 0.4) is 0 Å². The minimum Gasteiger partial charge on any atom is -0.494 e. The maximum Gasteiger partial charge on any atom is 0.124 e. The van der Waals surface area contributed by atoms with Crippen LogP contribution in [-0.4, -0.2) is 13.2 Å². The lowest BCUT2D eigenvalue weighted by Crippen LogP contribution is -2.27. The minimum atomic E-state index is 0. The Morgan fingerprint density at radius 1 is 1.31 bits per heavy atom. The van der Waals surface area contributed by atoms with Crippen LogP contribution < -0.4 is 10.1 Å². The third-order valence-electron chi connectivity index (χ3n) is 2.90. The first-order valence-electron chi connectivity index (χ1n) is 5.87. The quantitative estimate of drug-likeness (QED) is 0.877. The second-order valence-electron chi connectivity index (χ2n) is 3.97. The van der Waals surface area contributed by atoms with Gasteiger partial charge in [0.2, 0.25) is 0 Å². The number of benzene rings is 1. The Labute approximate surface area is 104 Å². The van der Waals surface area contributed by atoms with E-state index >= 15 is 0 Å². The van der Waals surface area contributed by atoms with Gasteiger partial charge in [-0.25, -0.2) is 0 Å². The van der Waals surface area contributed by atoms with Gasteiger partial charge < -0.3 is 10.1 Å². The Kier molecular flexibility index (Phi) is 5.64. The number of piperidine rings is 1. The highest BCUT2D eigenvalue weighted by Gasteiger charge is 2.17. The molecule has 0 spiro atoms. The van der Waals surface area contributed by atoms with Crippen molar-refractivity contribution in [1.29, 1.82) is 0 Å². The van der Waals surface area contributed by atoms with E-state index < -0.39 is 0 Å². The van der Waals surface area contributed by atoms with Gasteiger partial charge in [-0.15, -0.1) is 12.4 Å². The van der Waals surface area contributed by atoms with Gasteiger partial charge in [-0.1, -0.05) is 24.6 Å². The standard InChI is InChI=1S/C13H19NO.ClH/c1-2-15-13-9-4-3-7-11(13)12-8-5-6-10-14-12;/h3-4,7,9,12,14H,2,5-6,8,10H2,1H3;1H/t12-;/m0./s1. The monoisotopic (exact) mass is 241 g/mol. The van der Waals surface area contributed by atoms with Crippen molar-refractivity contribution < 1.29 is 4.74 Å². The molecule has 1 aromatic rings. The Morgan fingerprint density at radius 2 is 2.12 bits per heavy atom. The number of ether oxygens (including phenoxy) is 1. The molecule has 90 valence electrons. The molecule has 0 bridgehead atoms. The van der Waals surface area contributed by atoms with Crippen LogP contribution in [0.25, 0.3) is 0 Å². The molecule has 1 atom stereocenters. The predicted octanol–water partition coefficient (Wildman–Crippen LogP) is 3.32. The summed E-state index contributed by atoms with van der Waals surface area (Å²) in [5, 5.41) is 3.55. The summed E-state index contributed by atoms with van der Waals surface area (Å²) in [5.41, 5.74) is 1.32. The SMILES string of the molecule is CCOc1ccccc1[C@@H]1CCCCN1.Cl. The van der Waals surface area contributed by atoms with Crippen LogP contribution in [0.2, 0.25) is 0 Å². The van der Waals surface area contributed by atoms with Gasteiger partial charge in [0.1, 0.15) is 5.75 Å². The lowest BCUT2D eigenvalue weighted by atomic mass is 9.97. The van der Waals surface area contributed by atoms with Gasteiger partial charge in [0.15, 0.2) is 0 Å². The van der Waals surface area contributed by atoms with Crippen LogP contribution in [-0.2, 0) is 0 Å². The molecule has 1 N–H and O–H groups in total. The largest absolute Gasteiger partial charge is 0.494 e. The second kappa shape index (κ2) is 6.77. The van der Waals surface area contributed by atoms with Crippen molar-refractivity contribution in [3.63, 3.8) is 0 Å². The number of rotatable bonds is 3. The summed E-state index contributed by atoms with van der Waals surface area (Å²) in [6.07, 6.45) is 3.84. The third-order valence-corrected chi connectivity index (χ3v) is 2.90. The van der Waals surface area contributed by atoms with Crippen LogP contribution in [0.15, 0.2) is 24.3 Å². The van der Waals surface area contributed by atoms with Crippen LogP contribution in [0.4, 0.5) is 0 Å². The zero-order chi connectivity index (χ0) is 10.5. The summed E-state index contributed by atoms with van der Waals surface area (Å²) in [4.78, 5) is 0. The number of nitrogens with one attached hydrogen (secondary N) is 1. The van der Waals surface area contributed by atoms with Crippen molar-refractivity contribution >= 4 is 12.4 Å². The van der Waals surface area contributed by atoms with Crippen molar-refractivity contribution in [2.24, 2.45) is 0 Å². The molecule has 1 fully saturated rings. The van der Waals surface area contributed by atoms with Gasteiger partial charge >= 0.3 is 0 Å². The van der Waals surface area contributed by atoms with Crippen LogP contribution in [0, 0.1) is 0 Å². The lowest BCUT2D eigenvalue weighted by Gasteiger charge is -2.25. The fourth-order valence-corrected chi connectivity index (χ4v) is 2.17. The molecule has 16 heavy (non-hydrogen) atoms. The fourth-order valence-electron chi connectivity index (χ4n) is 2.17. The zero-order valence-electron chi connectivity index (χ0n) is 9.74. The van der Waals surface area contributed by atoms with Gasteiger partial charge in [-0.3, -0.25) is 0 Å². The highest BCUT2D eigenvalue weighted by atomic mass is 35.5. The molecule has 0 aliphatic carbocycles. The molecule has 0 saturated carbocycles. The average molecular weight is 242 g/mol. The number of hydrogen-bond donors (Lipinski definition) is 1. The first kappa shape index (κ1) is 13.3. The highest BCUT2D eigenvalue weighted by Crippen LogP contribution is 2.30. The Morgan fingerprint density at radius 3 is 2.81 bits per heavy atom. The number of para-hydroxylation sites is 1. The van der Waals surface area contributed by atoms with Gasteiger partial charge in [0.05, 0.1) is 6.61 Å². The van der Waals surface area contributed by atoms with E-state index in [-0.39, 0.29) is 12.4 Å². The maximum absolute atomic E-state index is 5.65. The lowest BCUT2D eigenvalue weighted by molar-refractivity contribution is 0.324. The summed E-state index contributed by atoms with van der Waals surface area (Å²) >= 11 is 0. The topological polar surface area (TPSA) is 21.3 Å². The third kappa shape index (κ3) is 3.13. The summed E-state index contributed by atoms with van der Waals surface area (Å²) in [5.74, 6) is 1.04. The average Bonchev–Trinajstić information content (AvgIpc) is 2.31. The van der Waals surface area contributed by atoms with Crippen molar-refractivity contribution in [2.75, 3.05) is 13.2 Å². The normalized spacial score (nSPS) is 19.9. The molecule has 1 aromatic carbocycles. The van der Waals surface area contributed by atoms with E-state index in [1.54, 1.807) is 0 Å². The van der Waals surface area contributed by atoms with Gasteiger partial charge in [-0.05, 0) is 32.4 Å². The van der Waals surface area contributed by atoms with Crippen LogP contribution >= 0.6 is 12.4 Å². The Hall–Kier alpha value is -0.730. The van der Waals surface area contributed by atoms with Crippen LogP contribution in [0.5, 0.6) is 5.75 Å². The molecule has 1 aliphatic heterocycles. The number of hydrogen-bond acceptors (Lipinski definition) is 2. The molecule has 0 amide bonds. The Bertz CT molecular complexity index is 311. The van der Waals surface area contributed by atoms with Crippen molar-refractivity contribution in [3.8, 4) is 5.75 Å². The molecule has 3 heteroatoms. The summed E-state index contributed by atoms with van der Waals surface area (Å²) < 4.78 is 5.65. The first-order chi connectivity index (χ1) is 7.42. The highest BCUT2D eigenvalue weighted by molar-refractivity contribution is 5.85.